The Kier molecular flexibility index (Phi) is 6.53. The summed E-state index contributed by atoms with van der Waals surface area (Å²) in [5.41, 5.74) is 6.12. The molecule has 2 aromatic rings. The summed E-state index contributed by atoms with van der Waals surface area (Å²) in [4.78, 5) is 16.2. The van der Waals surface area contributed by atoms with Gasteiger partial charge in [-0.2, -0.15) is 0 Å². The molecule has 3 N–H and O–H groups in total. The summed E-state index contributed by atoms with van der Waals surface area (Å²) in [6, 6.07) is 4.44. The van der Waals surface area contributed by atoms with Crippen LogP contribution in [0.2, 0.25) is 0 Å². The lowest BCUT2D eigenvalue weighted by molar-refractivity contribution is 0.102. The fourth-order valence-corrected chi connectivity index (χ4v) is 3.22. The SMILES string of the molecule is Cl.NCc1nc(C(=O)Nc2ccc(OC3CCCC3)c(F)c2)cs1. The maximum atomic E-state index is 14.1. The number of carbonyl (C=O) groups is 1. The second-order valence-corrected chi connectivity index (χ2v) is 6.40. The van der Waals surface area contributed by atoms with Crippen molar-refractivity contribution in [3.63, 3.8) is 0 Å². The van der Waals surface area contributed by atoms with Gasteiger partial charge in [0.1, 0.15) is 10.7 Å². The normalized spacial score (nSPS) is 14.2. The number of carbonyl (C=O) groups excluding carboxylic acids is 1. The fourth-order valence-electron chi connectivity index (χ4n) is 2.56. The van der Waals surface area contributed by atoms with Gasteiger partial charge in [0, 0.05) is 23.7 Å². The molecule has 1 aliphatic rings. The highest BCUT2D eigenvalue weighted by Gasteiger charge is 2.18. The number of ether oxygens (including phenoxy) is 1. The van der Waals surface area contributed by atoms with E-state index in [4.69, 9.17) is 10.5 Å². The van der Waals surface area contributed by atoms with E-state index < -0.39 is 5.82 Å². The lowest BCUT2D eigenvalue weighted by Gasteiger charge is -2.14. The number of aromatic nitrogens is 1. The van der Waals surface area contributed by atoms with Gasteiger partial charge >= 0.3 is 0 Å². The summed E-state index contributed by atoms with van der Waals surface area (Å²) >= 11 is 1.32. The first-order valence-corrected chi connectivity index (χ1v) is 8.45. The maximum Gasteiger partial charge on any atom is 0.275 e. The molecule has 1 heterocycles. The number of halogens is 2. The number of nitrogens with one attached hydrogen (secondary N) is 1. The van der Waals surface area contributed by atoms with Crippen LogP contribution in [0.15, 0.2) is 23.6 Å². The summed E-state index contributed by atoms with van der Waals surface area (Å²) in [5.74, 6) is -0.630. The molecule has 1 fully saturated rings. The Hall–Kier alpha value is -1.70. The number of rotatable bonds is 5. The van der Waals surface area contributed by atoms with Gasteiger partial charge in [-0.15, -0.1) is 23.7 Å². The Morgan fingerprint density at radius 1 is 1.42 bits per heavy atom. The predicted octanol–water partition coefficient (Wildman–Crippen LogP) is 3.74. The van der Waals surface area contributed by atoms with E-state index >= 15 is 0 Å². The van der Waals surface area contributed by atoms with Crippen molar-refractivity contribution in [2.75, 3.05) is 5.32 Å². The smallest absolute Gasteiger partial charge is 0.275 e. The van der Waals surface area contributed by atoms with Gasteiger partial charge in [-0.1, -0.05) is 0 Å². The largest absolute Gasteiger partial charge is 0.487 e. The van der Waals surface area contributed by atoms with Crippen LogP contribution in [-0.2, 0) is 6.54 Å². The highest BCUT2D eigenvalue weighted by Crippen LogP contribution is 2.27. The van der Waals surface area contributed by atoms with Gasteiger partial charge < -0.3 is 15.8 Å². The number of anilines is 1. The van der Waals surface area contributed by atoms with Crippen LogP contribution >= 0.6 is 23.7 Å². The topological polar surface area (TPSA) is 77.2 Å². The zero-order valence-electron chi connectivity index (χ0n) is 13.0. The molecule has 0 saturated heterocycles. The predicted molar refractivity (Wildman–Crippen MR) is 94.5 cm³/mol. The van der Waals surface area contributed by atoms with Crippen molar-refractivity contribution in [3.8, 4) is 5.75 Å². The Bertz CT molecular complexity index is 704. The van der Waals surface area contributed by atoms with Gasteiger partial charge in [-0.05, 0) is 37.8 Å². The first-order valence-electron chi connectivity index (χ1n) is 7.57. The zero-order chi connectivity index (χ0) is 16.2. The number of hydrogen-bond acceptors (Lipinski definition) is 5. The van der Waals surface area contributed by atoms with E-state index in [9.17, 15) is 9.18 Å². The van der Waals surface area contributed by atoms with E-state index in [1.807, 2.05) is 0 Å². The van der Waals surface area contributed by atoms with Gasteiger partial charge in [0.15, 0.2) is 11.6 Å². The molecule has 130 valence electrons. The Morgan fingerprint density at radius 2 is 2.17 bits per heavy atom. The quantitative estimate of drug-likeness (QED) is 0.839. The van der Waals surface area contributed by atoms with E-state index in [0.29, 0.717) is 17.2 Å². The molecule has 0 atom stereocenters. The summed E-state index contributed by atoms with van der Waals surface area (Å²) in [6.07, 6.45) is 4.27. The lowest BCUT2D eigenvalue weighted by Crippen LogP contribution is -2.14. The second-order valence-electron chi connectivity index (χ2n) is 5.45. The van der Waals surface area contributed by atoms with Crippen LogP contribution < -0.4 is 15.8 Å². The molecule has 1 aromatic heterocycles. The first kappa shape index (κ1) is 18.6. The van der Waals surface area contributed by atoms with Crippen LogP contribution in [0, 0.1) is 5.82 Å². The first-order chi connectivity index (χ1) is 11.2. The Morgan fingerprint density at radius 3 is 2.79 bits per heavy atom. The maximum absolute atomic E-state index is 14.1. The summed E-state index contributed by atoms with van der Waals surface area (Å²) in [5, 5.41) is 4.94. The summed E-state index contributed by atoms with van der Waals surface area (Å²) in [7, 11) is 0. The molecule has 0 spiro atoms. The van der Waals surface area contributed by atoms with E-state index in [-0.39, 0.29) is 35.9 Å². The van der Waals surface area contributed by atoms with Crippen molar-refractivity contribution in [2.45, 2.75) is 38.3 Å². The zero-order valence-corrected chi connectivity index (χ0v) is 14.6. The van der Waals surface area contributed by atoms with Crippen LogP contribution in [-0.4, -0.2) is 17.0 Å². The van der Waals surface area contributed by atoms with Crippen LogP contribution in [0.4, 0.5) is 10.1 Å². The molecule has 5 nitrogen and oxygen atoms in total. The van der Waals surface area contributed by atoms with Crippen molar-refractivity contribution in [2.24, 2.45) is 5.73 Å². The Balaban J connectivity index is 0.00000208. The van der Waals surface area contributed by atoms with Crippen molar-refractivity contribution in [1.29, 1.82) is 0 Å². The van der Waals surface area contributed by atoms with E-state index in [2.05, 4.69) is 10.3 Å². The standard InChI is InChI=1S/C16H18FN3O2S.ClH/c17-12-7-10(5-6-14(12)22-11-3-1-2-4-11)19-16(21)13-9-23-15(8-18)20-13;/h5-7,9,11H,1-4,8,18H2,(H,19,21);1H. The monoisotopic (exact) mass is 371 g/mol. The second kappa shape index (κ2) is 8.41. The van der Waals surface area contributed by atoms with E-state index in [1.54, 1.807) is 17.5 Å². The summed E-state index contributed by atoms with van der Waals surface area (Å²) in [6.45, 7) is 0.291. The third-order valence-corrected chi connectivity index (χ3v) is 4.62. The minimum Gasteiger partial charge on any atom is -0.487 e. The van der Waals surface area contributed by atoms with Gasteiger partial charge in [-0.3, -0.25) is 4.79 Å². The van der Waals surface area contributed by atoms with Crippen LogP contribution in [0.1, 0.15) is 41.2 Å². The van der Waals surface area contributed by atoms with E-state index in [1.165, 1.54) is 17.4 Å². The third-order valence-electron chi connectivity index (χ3n) is 3.74. The molecular weight excluding hydrogens is 353 g/mol. The van der Waals surface area contributed by atoms with Crippen molar-refractivity contribution in [3.05, 3.63) is 40.1 Å². The molecule has 1 saturated carbocycles. The van der Waals surface area contributed by atoms with Gasteiger partial charge in [0.25, 0.3) is 5.91 Å². The highest BCUT2D eigenvalue weighted by molar-refractivity contribution is 7.09. The number of hydrogen-bond donors (Lipinski definition) is 2. The van der Waals surface area contributed by atoms with Crippen LogP contribution in [0.5, 0.6) is 5.75 Å². The summed E-state index contributed by atoms with van der Waals surface area (Å²) < 4.78 is 19.8. The molecule has 0 aliphatic heterocycles. The molecule has 1 amide bonds. The Labute approximate surface area is 149 Å². The van der Waals surface area contributed by atoms with Crippen molar-refractivity contribution in [1.82, 2.24) is 4.98 Å². The molecule has 8 heteroatoms. The molecule has 1 aliphatic carbocycles. The minimum atomic E-state index is -0.476. The van der Waals surface area contributed by atoms with Crippen LogP contribution in [0.25, 0.3) is 0 Å². The molecule has 0 bridgehead atoms. The van der Waals surface area contributed by atoms with Crippen molar-refractivity contribution >= 4 is 35.3 Å². The average Bonchev–Trinajstić information content (AvgIpc) is 3.21. The van der Waals surface area contributed by atoms with Gasteiger partial charge in [-0.25, -0.2) is 9.37 Å². The molecule has 24 heavy (non-hydrogen) atoms. The number of nitrogens with zero attached hydrogens (tertiary/aromatic N) is 1. The van der Waals surface area contributed by atoms with E-state index in [0.717, 1.165) is 25.7 Å². The number of amides is 1. The van der Waals surface area contributed by atoms with Crippen LogP contribution in [0.3, 0.4) is 0 Å². The lowest BCUT2D eigenvalue weighted by atomic mass is 10.2. The van der Waals surface area contributed by atoms with Gasteiger partial charge in [0.05, 0.1) is 6.10 Å². The van der Waals surface area contributed by atoms with Crippen molar-refractivity contribution < 1.29 is 13.9 Å². The molecule has 0 unspecified atom stereocenters. The molecule has 3 rings (SSSR count). The number of thiazole rings is 1. The highest BCUT2D eigenvalue weighted by atomic mass is 35.5. The molecule has 1 aromatic carbocycles. The third kappa shape index (κ3) is 4.43. The number of benzene rings is 1. The average molecular weight is 372 g/mol. The fraction of sp³-hybridized carbons (Fsp3) is 0.375. The minimum absolute atomic E-state index is 0. The molecule has 0 radical (unpaired) electrons. The number of nitrogens with two attached hydrogens (primary N) is 1. The van der Waals surface area contributed by atoms with Gasteiger partial charge in [0.2, 0.25) is 0 Å². The molecular formula is C16H19ClFN3O2S.